The van der Waals surface area contributed by atoms with Gasteiger partial charge in [0, 0.05) is 13.1 Å². The maximum Gasteiger partial charge on any atom is 0.0636 e. The lowest BCUT2D eigenvalue weighted by atomic mass is 10.3. The average Bonchev–Trinajstić information content (AvgIpc) is 1.63. The minimum absolute atomic E-state index is 0.330. The van der Waals surface area contributed by atoms with Gasteiger partial charge in [-0.2, -0.15) is 0 Å². The van der Waals surface area contributed by atoms with E-state index in [9.17, 15) is 0 Å². The van der Waals surface area contributed by atoms with Crippen LogP contribution < -0.4 is 5.32 Å². The lowest BCUT2D eigenvalue weighted by Crippen LogP contribution is -2.30. The monoisotopic (exact) mass is 133 g/mol. The van der Waals surface area contributed by atoms with Crippen molar-refractivity contribution in [3.63, 3.8) is 0 Å². The molecule has 0 aliphatic heterocycles. The van der Waals surface area contributed by atoms with E-state index in [0.29, 0.717) is 13.1 Å². The Bertz CT molecular complexity index is 56.1. The molecule has 0 amide bonds. The van der Waals surface area contributed by atoms with E-state index in [1.54, 1.807) is 13.8 Å². The number of aliphatic hydroxyl groups is 2. The van der Waals surface area contributed by atoms with Gasteiger partial charge in [-0.25, -0.2) is 0 Å². The zero-order valence-electron chi connectivity index (χ0n) is 5.96. The van der Waals surface area contributed by atoms with Gasteiger partial charge in [-0.3, -0.25) is 0 Å². The third kappa shape index (κ3) is 7.88. The molecule has 0 bridgehead atoms. The summed E-state index contributed by atoms with van der Waals surface area (Å²) in [7, 11) is 0. The molecule has 3 nitrogen and oxygen atoms in total. The molecular weight excluding hydrogens is 118 g/mol. The number of hydrogen-bond donors (Lipinski definition) is 3. The first-order valence-corrected chi connectivity index (χ1v) is 3.19. The Morgan fingerprint density at radius 1 is 1.11 bits per heavy atom. The van der Waals surface area contributed by atoms with Gasteiger partial charge in [-0.05, 0) is 13.8 Å². The summed E-state index contributed by atoms with van der Waals surface area (Å²) in [5.41, 5.74) is 0. The maximum absolute atomic E-state index is 8.72. The van der Waals surface area contributed by atoms with Crippen molar-refractivity contribution in [1.29, 1.82) is 0 Å². The molecule has 0 fully saturated rings. The van der Waals surface area contributed by atoms with Crippen molar-refractivity contribution in [3.8, 4) is 0 Å². The molecule has 3 heteroatoms. The molecule has 1 unspecified atom stereocenters. The Labute approximate surface area is 55.7 Å². The van der Waals surface area contributed by atoms with Gasteiger partial charge in [0.25, 0.3) is 0 Å². The molecule has 3 N–H and O–H groups in total. The minimum atomic E-state index is -0.330. The highest BCUT2D eigenvalue weighted by Gasteiger charge is 1.96. The van der Waals surface area contributed by atoms with Crippen LogP contribution in [-0.2, 0) is 0 Å². The molecule has 0 spiro atoms. The van der Waals surface area contributed by atoms with Crippen LogP contribution in [0.4, 0.5) is 0 Å². The second-order valence-corrected chi connectivity index (χ2v) is 2.36. The summed E-state index contributed by atoms with van der Waals surface area (Å²) in [6, 6.07) is 0. The van der Waals surface area contributed by atoms with Crippen LogP contribution >= 0.6 is 0 Å². The number of nitrogens with one attached hydrogen (secondary N) is 1. The first-order chi connectivity index (χ1) is 4.13. The van der Waals surface area contributed by atoms with Crippen LogP contribution in [0.5, 0.6) is 0 Å². The zero-order chi connectivity index (χ0) is 7.28. The molecule has 0 radical (unpaired) electrons. The van der Waals surface area contributed by atoms with Crippen molar-refractivity contribution in [3.05, 3.63) is 0 Å². The van der Waals surface area contributed by atoms with Crippen molar-refractivity contribution in [2.45, 2.75) is 26.1 Å². The smallest absolute Gasteiger partial charge is 0.0636 e. The van der Waals surface area contributed by atoms with Gasteiger partial charge in [0.1, 0.15) is 0 Å². The third-order valence-corrected chi connectivity index (χ3v) is 0.879. The van der Waals surface area contributed by atoms with Gasteiger partial charge in [-0.1, -0.05) is 0 Å². The van der Waals surface area contributed by atoms with Crippen LogP contribution in [0.2, 0.25) is 0 Å². The molecule has 0 saturated heterocycles. The second kappa shape index (κ2) is 4.73. The fourth-order valence-electron chi connectivity index (χ4n) is 0.501. The lowest BCUT2D eigenvalue weighted by molar-refractivity contribution is 0.164. The predicted octanol–water partition coefficient (Wildman–Crippen LogP) is -0.662. The van der Waals surface area contributed by atoms with E-state index in [1.807, 2.05) is 0 Å². The van der Waals surface area contributed by atoms with Crippen molar-refractivity contribution in [2.24, 2.45) is 0 Å². The van der Waals surface area contributed by atoms with Gasteiger partial charge in [-0.15, -0.1) is 0 Å². The van der Waals surface area contributed by atoms with Crippen LogP contribution in [0.3, 0.4) is 0 Å². The van der Waals surface area contributed by atoms with Gasteiger partial charge < -0.3 is 15.5 Å². The van der Waals surface area contributed by atoms with Crippen molar-refractivity contribution in [1.82, 2.24) is 5.32 Å². The molecule has 0 aromatic heterocycles. The molecule has 0 aromatic carbocycles. The Balaban J connectivity index is 2.91. The average molecular weight is 133 g/mol. The number of aliphatic hydroxyl groups excluding tert-OH is 2. The molecule has 0 aromatic rings. The quantitative estimate of drug-likeness (QED) is 0.477. The summed E-state index contributed by atoms with van der Waals surface area (Å²) in [5, 5.41) is 20.3. The maximum atomic E-state index is 8.72. The first kappa shape index (κ1) is 8.88. The minimum Gasteiger partial charge on any atom is -0.392 e. The highest BCUT2D eigenvalue weighted by atomic mass is 16.3. The van der Waals surface area contributed by atoms with E-state index in [0.717, 1.165) is 0 Å². The molecule has 0 aliphatic carbocycles. The molecule has 0 aliphatic rings. The highest BCUT2D eigenvalue weighted by molar-refractivity contribution is 4.55. The fraction of sp³-hybridized carbons (Fsp3) is 1.00. The molecule has 56 valence electrons. The molecule has 2 atom stereocenters. The predicted molar refractivity (Wildman–Crippen MR) is 36.2 cm³/mol. The van der Waals surface area contributed by atoms with Crippen LogP contribution in [0, 0.1) is 0 Å². The van der Waals surface area contributed by atoms with Crippen LogP contribution in [-0.4, -0.2) is 35.5 Å². The molecule has 0 heterocycles. The standard InChI is InChI=1S/C6H15NO2/c1-5(8)3-7-4-6(2)9/h5-9H,3-4H2,1-2H3/t5-,6?/m1/s1. The van der Waals surface area contributed by atoms with E-state index in [4.69, 9.17) is 10.2 Å². The highest BCUT2D eigenvalue weighted by Crippen LogP contribution is 1.77. The zero-order valence-corrected chi connectivity index (χ0v) is 5.96. The summed E-state index contributed by atoms with van der Waals surface area (Å²) in [4.78, 5) is 0. The molecule has 9 heavy (non-hydrogen) atoms. The van der Waals surface area contributed by atoms with E-state index in [-0.39, 0.29) is 12.2 Å². The molecule has 0 saturated carbocycles. The first-order valence-electron chi connectivity index (χ1n) is 3.19. The Hall–Kier alpha value is -0.120. The van der Waals surface area contributed by atoms with Crippen LogP contribution in [0.1, 0.15) is 13.8 Å². The van der Waals surface area contributed by atoms with Crippen LogP contribution in [0.25, 0.3) is 0 Å². The SMILES string of the molecule is CC(O)CNC[C@@H](C)O. The summed E-state index contributed by atoms with van der Waals surface area (Å²) >= 11 is 0. The van der Waals surface area contributed by atoms with Crippen molar-refractivity contribution < 1.29 is 10.2 Å². The van der Waals surface area contributed by atoms with Gasteiger partial charge >= 0.3 is 0 Å². The normalized spacial score (nSPS) is 17.3. The van der Waals surface area contributed by atoms with E-state index < -0.39 is 0 Å². The van der Waals surface area contributed by atoms with Gasteiger partial charge in [0.05, 0.1) is 12.2 Å². The molecular formula is C6H15NO2. The van der Waals surface area contributed by atoms with Gasteiger partial charge in [0.15, 0.2) is 0 Å². The second-order valence-electron chi connectivity index (χ2n) is 2.36. The largest absolute Gasteiger partial charge is 0.392 e. The van der Waals surface area contributed by atoms with Crippen LogP contribution in [0.15, 0.2) is 0 Å². The van der Waals surface area contributed by atoms with E-state index >= 15 is 0 Å². The van der Waals surface area contributed by atoms with Crippen molar-refractivity contribution in [2.75, 3.05) is 13.1 Å². The Morgan fingerprint density at radius 3 is 1.67 bits per heavy atom. The summed E-state index contributed by atoms with van der Waals surface area (Å²) in [6.45, 7) is 4.50. The Kier molecular flexibility index (Phi) is 4.67. The fourth-order valence-corrected chi connectivity index (χ4v) is 0.501. The number of rotatable bonds is 4. The lowest BCUT2D eigenvalue weighted by Gasteiger charge is -2.07. The van der Waals surface area contributed by atoms with E-state index in [1.165, 1.54) is 0 Å². The topological polar surface area (TPSA) is 52.5 Å². The van der Waals surface area contributed by atoms with E-state index in [2.05, 4.69) is 5.32 Å². The summed E-state index contributed by atoms with van der Waals surface area (Å²) in [5.74, 6) is 0. The van der Waals surface area contributed by atoms with Crippen molar-refractivity contribution >= 4 is 0 Å². The third-order valence-electron chi connectivity index (χ3n) is 0.879. The summed E-state index contributed by atoms with van der Waals surface area (Å²) < 4.78 is 0. The molecule has 0 rings (SSSR count). The Morgan fingerprint density at radius 2 is 1.44 bits per heavy atom. The van der Waals surface area contributed by atoms with Gasteiger partial charge in [0.2, 0.25) is 0 Å². The summed E-state index contributed by atoms with van der Waals surface area (Å²) in [6.07, 6.45) is -0.660. The number of hydrogen-bond acceptors (Lipinski definition) is 3.